The van der Waals surface area contributed by atoms with Gasteiger partial charge in [-0.3, -0.25) is 9.78 Å². The van der Waals surface area contributed by atoms with Gasteiger partial charge in [0.2, 0.25) is 6.79 Å². The lowest BCUT2D eigenvalue weighted by molar-refractivity contribution is 0.0989. The molecule has 0 N–H and O–H groups in total. The van der Waals surface area contributed by atoms with Crippen molar-refractivity contribution in [1.82, 2.24) is 9.88 Å². The molecular formula is C30H45N3O5. The zero-order chi connectivity index (χ0) is 28.8. The summed E-state index contributed by atoms with van der Waals surface area (Å²) in [6, 6.07) is 9.03. The Balaban J connectivity index is 0.000000709. The highest BCUT2D eigenvalue weighted by Gasteiger charge is 2.24. The molecule has 1 amide bonds. The summed E-state index contributed by atoms with van der Waals surface area (Å²) < 4.78 is 21.7. The van der Waals surface area contributed by atoms with Gasteiger partial charge in [0.1, 0.15) is 0 Å². The molecule has 1 aliphatic rings. The van der Waals surface area contributed by atoms with Gasteiger partial charge in [0, 0.05) is 30.3 Å². The van der Waals surface area contributed by atoms with E-state index in [1.165, 1.54) is 0 Å². The standard InChI is InChI=1S/C22H22N2O5.C4H11N.2C2H6/c1-5-24(17-11-19(27-4)18(26-3)8-13(17)2)22(25)14-6-7-23-16-10-21-20(9-15(14)16)28-12-29-21;1-4-5(2)3;2*1-2/h6-11H,5,12H2,1-4H3;4H2,1-3H3;2*1-2H3. The maximum Gasteiger partial charge on any atom is 0.259 e. The number of benzene rings is 2. The summed E-state index contributed by atoms with van der Waals surface area (Å²) in [5.41, 5.74) is 2.90. The second-order valence-corrected chi connectivity index (χ2v) is 8.02. The Morgan fingerprint density at radius 2 is 1.47 bits per heavy atom. The molecule has 2 aromatic carbocycles. The predicted octanol–water partition coefficient (Wildman–Crippen LogP) is 6.58. The van der Waals surface area contributed by atoms with Crippen LogP contribution in [0.3, 0.4) is 0 Å². The lowest BCUT2D eigenvalue weighted by Crippen LogP contribution is -2.31. The number of carbonyl (C=O) groups excluding carboxylic acids is 1. The van der Waals surface area contributed by atoms with Crippen LogP contribution in [0.25, 0.3) is 10.9 Å². The first kappa shape index (κ1) is 32.5. The normalized spacial score (nSPS) is 10.8. The summed E-state index contributed by atoms with van der Waals surface area (Å²) in [5.74, 6) is 2.32. The van der Waals surface area contributed by atoms with Crippen molar-refractivity contribution in [1.29, 1.82) is 0 Å². The molecule has 38 heavy (non-hydrogen) atoms. The first-order valence-electron chi connectivity index (χ1n) is 13.2. The first-order valence-corrected chi connectivity index (χ1v) is 13.2. The van der Waals surface area contributed by atoms with Crippen LogP contribution >= 0.6 is 0 Å². The summed E-state index contributed by atoms with van der Waals surface area (Å²) in [6.45, 7) is 15.8. The van der Waals surface area contributed by atoms with Gasteiger partial charge in [-0.1, -0.05) is 34.6 Å². The molecule has 0 fully saturated rings. The van der Waals surface area contributed by atoms with E-state index in [9.17, 15) is 4.79 Å². The number of aryl methyl sites for hydroxylation is 1. The van der Waals surface area contributed by atoms with E-state index in [-0.39, 0.29) is 12.7 Å². The quantitative estimate of drug-likeness (QED) is 0.359. The molecule has 0 spiro atoms. The van der Waals surface area contributed by atoms with Crippen molar-refractivity contribution in [3.05, 3.63) is 47.7 Å². The minimum absolute atomic E-state index is 0.130. The van der Waals surface area contributed by atoms with E-state index in [4.69, 9.17) is 18.9 Å². The number of carbonyl (C=O) groups is 1. The second kappa shape index (κ2) is 16.3. The Morgan fingerprint density at radius 1 is 0.921 bits per heavy atom. The van der Waals surface area contributed by atoms with E-state index in [0.717, 1.165) is 23.2 Å². The van der Waals surface area contributed by atoms with Gasteiger partial charge in [-0.25, -0.2) is 0 Å². The van der Waals surface area contributed by atoms with Crippen LogP contribution in [0.5, 0.6) is 23.0 Å². The van der Waals surface area contributed by atoms with Crippen molar-refractivity contribution >= 4 is 22.5 Å². The minimum Gasteiger partial charge on any atom is -0.493 e. The van der Waals surface area contributed by atoms with Crippen LogP contribution in [0.2, 0.25) is 0 Å². The molecule has 4 rings (SSSR count). The number of pyridine rings is 1. The summed E-state index contributed by atoms with van der Waals surface area (Å²) >= 11 is 0. The Morgan fingerprint density at radius 3 is 2.00 bits per heavy atom. The van der Waals surface area contributed by atoms with E-state index >= 15 is 0 Å². The van der Waals surface area contributed by atoms with Crippen molar-refractivity contribution < 1.29 is 23.7 Å². The van der Waals surface area contributed by atoms with Crippen LogP contribution in [-0.4, -0.2) is 64.0 Å². The molecule has 0 unspecified atom stereocenters. The molecule has 8 heteroatoms. The highest BCUT2D eigenvalue weighted by Crippen LogP contribution is 2.38. The maximum atomic E-state index is 13.6. The largest absolute Gasteiger partial charge is 0.493 e. The average molecular weight is 528 g/mol. The highest BCUT2D eigenvalue weighted by atomic mass is 16.7. The van der Waals surface area contributed by atoms with E-state index in [1.54, 1.807) is 37.4 Å². The Hall–Kier alpha value is -3.52. The van der Waals surface area contributed by atoms with Gasteiger partial charge in [-0.05, 0) is 58.3 Å². The summed E-state index contributed by atoms with van der Waals surface area (Å²) in [5, 5.41) is 0.721. The number of hydrogen-bond donors (Lipinski definition) is 0. The Labute approximate surface area is 228 Å². The highest BCUT2D eigenvalue weighted by molar-refractivity contribution is 6.14. The SMILES string of the molecule is CC.CC.CCN(C(=O)c1ccnc2cc3c(cc12)OCO3)c1cc(OC)c(OC)cc1C.CCN(C)C. The lowest BCUT2D eigenvalue weighted by Gasteiger charge is -2.25. The third-order valence-corrected chi connectivity index (χ3v) is 5.65. The van der Waals surface area contributed by atoms with Gasteiger partial charge in [0.05, 0.1) is 31.0 Å². The summed E-state index contributed by atoms with van der Waals surface area (Å²) in [4.78, 5) is 21.8. The van der Waals surface area contributed by atoms with Crippen LogP contribution in [0.15, 0.2) is 36.5 Å². The first-order chi connectivity index (χ1) is 18.3. The van der Waals surface area contributed by atoms with Crippen LogP contribution < -0.4 is 23.8 Å². The predicted molar refractivity (Wildman–Crippen MR) is 156 cm³/mol. The molecule has 210 valence electrons. The Bertz CT molecular complexity index is 1160. The van der Waals surface area contributed by atoms with Crippen LogP contribution in [0.4, 0.5) is 5.69 Å². The summed E-state index contributed by atoms with van der Waals surface area (Å²) in [7, 11) is 7.28. The van der Waals surface area contributed by atoms with Gasteiger partial charge < -0.3 is 28.7 Å². The van der Waals surface area contributed by atoms with Crippen LogP contribution in [-0.2, 0) is 0 Å². The fraction of sp³-hybridized carbons (Fsp3) is 0.467. The third-order valence-electron chi connectivity index (χ3n) is 5.65. The van der Waals surface area contributed by atoms with E-state index in [0.29, 0.717) is 40.6 Å². The number of anilines is 1. The van der Waals surface area contributed by atoms with Crippen LogP contribution in [0, 0.1) is 6.92 Å². The van der Waals surface area contributed by atoms with E-state index in [2.05, 4.69) is 30.9 Å². The molecule has 0 saturated heterocycles. The van der Waals surface area contributed by atoms with Gasteiger partial charge in [0.15, 0.2) is 23.0 Å². The minimum atomic E-state index is -0.130. The molecule has 1 aliphatic heterocycles. The van der Waals surface area contributed by atoms with Crippen molar-refractivity contribution in [3.8, 4) is 23.0 Å². The van der Waals surface area contributed by atoms with Crippen LogP contribution in [0.1, 0.15) is 57.5 Å². The summed E-state index contributed by atoms with van der Waals surface area (Å²) in [6.07, 6.45) is 1.63. The molecule has 0 atom stereocenters. The zero-order valence-corrected chi connectivity index (χ0v) is 25.0. The van der Waals surface area contributed by atoms with Crippen molar-refractivity contribution in [2.24, 2.45) is 0 Å². The molecule has 0 bridgehead atoms. The van der Waals surface area contributed by atoms with Gasteiger partial charge >= 0.3 is 0 Å². The van der Waals surface area contributed by atoms with E-state index < -0.39 is 0 Å². The van der Waals surface area contributed by atoms with Crippen molar-refractivity contribution in [2.45, 2.75) is 48.5 Å². The number of fused-ring (bicyclic) bond motifs is 2. The molecule has 0 saturated carbocycles. The molecule has 3 aromatic rings. The molecule has 1 aromatic heterocycles. The maximum absolute atomic E-state index is 13.6. The topological polar surface area (TPSA) is 73.4 Å². The smallest absolute Gasteiger partial charge is 0.259 e. The fourth-order valence-corrected chi connectivity index (χ4v) is 3.55. The molecule has 0 radical (unpaired) electrons. The molecule has 0 aliphatic carbocycles. The number of hydrogen-bond acceptors (Lipinski definition) is 7. The number of rotatable bonds is 6. The van der Waals surface area contributed by atoms with E-state index in [1.807, 2.05) is 59.7 Å². The molecule has 2 heterocycles. The van der Waals surface area contributed by atoms with Gasteiger partial charge in [-0.15, -0.1) is 0 Å². The Kier molecular flexibility index (Phi) is 14.0. The molecular weight excluding hydrogens is 482 g/mol. The second-order valence-electron chi connectivity index (χ2n) is 8.02. The number of amides is 1. The number of ether oxygens (including phenoxy) is 4. The van der Waals surface area contributed by atoms with Crippen molar-refractivity contribution in [2.75, 3.05) is 53.1 Å². The van der Waals surface area contributed by atoms with Crippen molar-refractivity contribution in [3.63, 3.8) is 0 Å². The third kappa shape index (κ3) is 7.74. The number of aromatic nitrogens is 1. The lowest BCUT2D eigenvalue weighted by atomic mass is 10.1. The fourth-order valence-electron chi connectivity index (χ4n) is 3.55. The zero-order valence-electron chi connectivity index (χ0n) is 25.0. The molecule has 8 nitrogen and oxygen atoms in total. The van der Waals surface area contributed by atoms with Gasteiger partial charge in [-0.2, -0.15) is 0 Å². The number of methoxy groups -OCH3 is 2. The monoisotopic (exact) mass is 527 g/mol. The average Bonchev–Trinajstić information content (AvgIpc) is 3.42. The van der Waals surface area contributed by atoms with Gasteiger partial charge in [0.25, 0.3) is 5.91 Å². The number of nitrogens with zero attached hydrogens (tertiary/aromatic N) is 3.